The Morgan fingerprint density at radius 2 is 1.93 bits per heavy atom. The van der Waals surface area contributed by atoms with Crippen molar-refractivity contribution in [2.75, 3.05) is 25.1 Å². The number of para-hydroxylation sites is 2. The molecule has 3 saturated heterocycles. The molecule has 1 aromatic carbocycles. The third kappa shape index (κ3) is 3.98. The average Bonchev–Trinajstić information content (AvgIpc) is 3.23. The van der Waals surface area contributed by atoms with E-state index in [1.165, 1.54) is 12.8 Å². The fourth-order valence-electron chi connectivity index (χ4n) is 4.87. The highest BCUT2D eigenvalue weighted by Gasteiger charge is 2.41. The topological polar surface area (TPSA) is 61.9 Å². The van der Waals surface area contributed by atoms with Crippen molar-refractivity contribution in [3.8, 4) is 5.75 Å². The molecule has 3 heterocycles. The number of nitrogens with zero attached hydrogens (tertiary/aromatic N) is 2. The molecule has 3 aliphatic rings. The number of fused-ring (bicyclic) bond motifs is 2. The molecule has 3 unspecified atom stereocenters. The molecule has 2 bridgehead atoms. The summed E-state index contributed by atoms with van der Waals surface area (Å²) >= 11 is 0. The number of hydrogen-bond donors (Lipinski definition) is 1. The Morgan fingerprint density at radius 1 is 1.25 bits per heavy atom. The van der Waals surface area contributed by atoms with Crippen molar-refractivity contribution in [1.82, 2.24) is 10.2 Å². The molecule has 28 heavy (non-hydrogen) atoms. The minimum Gasteiger partial charge on any atom is -0.492 e. The zero-order chi connectivity index (χ0) is 19.0. The van der Waals surface area contributed by atoms with Crippen molar-refractivity contribution in [2.24, 2.45) is 5.92 Å². The summed E-state index contributed by atoms with van der Waals surface area (Å²) < 4.78 is 5.67. The highest BCUT2D eigenvalue weighted by molar-refractivity contribution is 6.01. The standard InChI is InChI=1S/C21H29N3O3.ClH/c1-3-27-19-7-5-4-6-18(19)24-13-14(10-20(24)25)21(26)23(2)17-11-15-8-9-16(12-17)22-15;/h4-7,14-17,22H,3,8-13H2,1-2H3;1H. The number of carbonyl (C=O) groups excluding carboxylic acids is 2. The minimum atomic E-state index is -0.273. The molecule has 3 aliphatic heterocycles. The maximum absolute atomic E-state index is 13.1. The molecule has 1 aromatic rings. The van der Waals surface area contributed by atoms with Gasteiger partial charge in [0.05, 0.1) is 18.2 Å². The molecule has 1 N–H and O–H groups in total. The normalized spacial score (nSPS) is 28.8. The second-order valence-electron chi connectivity index (χ2n) is 8.02. The van der Waals surface area contributed by atoms with Crippen LogP contribution in [0.4, 0.5) is 5.69 Å². The maximum atomic E-state index is 13.1. The van der Waals surface area contributed by atoms with Gasteiger partial charge in [0.2, 0.25) is 11.8 Å². The van der Waals surface area contributed by atoms with E-state index in [-0.39, 0.29) is 42.6 Å². The fourth-order valence-corrected chi connectivity index (χ4v) is 4.87. The van der Waals surface area contributed by atoms with Crippen LogP contribution in [0.5, 0.6) is 5.75 Å². The quantitative estimate of drug-likeness (QED) is 0.815. The zero-order valence-electron chi connectivity index (χ0n) is 16.6. The van der Waals surface area contributed by atoms with E-state index in [1.54, 1.807) is 4.90 Å². The highest BCUT2D eigenvalue weighted by Crippen LogP contribution is 2.35. The predicted octanol–water partition coefficient (Wildman–Crippen LogP) is 2.60. The Bertz CT molecular complexity index is 717. The van der Waals surface area contributed by atoms with E-state index >= 15 is 0 Å². The summed E-state index contributed by atoms with van der Waals surface area (Å²) in [6.45, 7) is 2.90. The molecule has 0 aromatic heterocycles. The van der Waals surface area contributed by atoms with Crippen LogP contribution >= 0.6 is 12.4 Å². The van der Waals surface area contributed by atoms with Crippen molar-refractivity contribution in [3.05, 3.63) is 24.3 Å². The van der Waals surface area contributed by atoms with E-state index in [9.17, 15) is 9.59 Å². The summed E-state index contributed by atoms with van der Waals surface area (Å²) in [4.78, 5) is 29.4. The lowest BCUT2D eigenvalue weighted by Crippen LogP contribution is -2.50. The number of piperidine rings is 1. The Hall–Kier alpha value is -1.79. The number of amides is 2. The first-order valence-electron chi connectivity index (χ1n) is 10.1. The SMILES string of the molecule is CCOc1ccccc1N1CC(C(=O)N(C)C2CC3CCC(C2)N3)CC1=O.Cl. The molecule has 154 valence electrons. The Balaban J connectivity index is 0.00000225. The molecule has 0 radical (unpaired) electrons. The molecule has 7 heteroatoms. The number of benzene rings is 1. The van der Waals surface area contributed by atoms with Crippen LogP contribution in [-0.2, 0) is 9.59 Å². The molecule has 3 fully saturated rings. The van der Waals surface area contributed by atoms with E-state index in [2.05, 4.69) is 5.32 Å². The van der Waals surface area contributed by atoms with Crippen molar-refractivity contribution < 1.29 is 14.3 Å². The molecule has 6 nitrogen and oxygen atoms in total. The minimum absolute atomic E-state index is 0. The maximum Gasteiger partial charge on any atom is 0.228 e. The van der Waals surface area contributed by atoms with Gasteiger partial charge in [-0.1, -0.05) is 12.1 Å². The molecule has 2 amide bonds. The van der Waals surface area contributed by atoms with Crippen LogP contribution in [0.25, 0.3) is 0 Å². The van der Waals surface area contributed by atoms with Crippen molar-refractivity contribution in [2.45, 2.75) is 57.2 Å². The van der Waals surface area contributed by atoms with E-state index < -0.39 is 0 Å². The van der Waals surface area contributed by atoms with Crippen LogP contribution in [0.2, 0.25) is 0 Å². The predicted molar refractivity (Wildman–Crippen MR) is 111 cm³/mol. The van der Waals surface area contributed by atoms with E-state index in [0.29, 0.717) is 31.0 Å². The van der Waals surface area contributed by atoms with Gasteiger partial charge in [-0.25, -0.2) is 0 Å². The Kier molecular flexibility index (Phi) is 6.50. The van der Waals surface area contributed by atoms with E-state index in [4.69, 9.17) is 4.74 Å². The van der Waals surface area contributed by atoms with Gasteiger partial charge in [0.1, 0.15) is 5.75 Å². The summed E-state index contributed by atoms with van der Waals surface area (Å²) in [5.41, 5.74) is 0.766. The largest absolute Gasteiger partial charge is 0.492 e. The lowest BCUT2D eigenvalue weighted by molar-refractivity contribution is -0.137. The Labute approximate surface area is 173 Å². The van der Waals surface area contributed by atoms with Crippen LogP contribution in [-0.4, -0.2) is 55.0 Å². The third-order valence-electron chi connectivity index (χ3n) is 6.27. The number of carbonyl (C=O) groups is 2. The van der Waals surface area contributed by atoms with Gasteiger partial charge < -0.3 is 19.9 Å². The first kappa shape index (κ1) is 20.9. The first-order chi connectivity index (χ1) is 13.1. The lowest BCUT2D eigenvalue weighted by atomic mass is 9.97. The van der Waals surface area contributed by atoms with Crippen LogP contribution in [0.15, 0.2) is 24.3 Å². The lowest BCUT2D eigenvalue weighted by Gasteiger charge is -2.36. The van der Waals surface area contributed by atoms with Crippen molar-refractivity contribution in [1.29, 1.82) is 0 Å². The van der Waals surface area contributed by atoms with Gasteiger partial charge in [-0.2, -0.15) is 0 Å². The monoisotopic (exact) mass is 407 g/mol. The second-order valence-corrected chi connectivity index (χ2v) is 8.02. The molecule has 0 spiro atoms. The first-order valence-corrected chi connectivity index (χ1v) is 10.1. The number of anilines is 1. The summed E-state index contributed by atoms with van der Waals surface area (Å²) in [6, 6.07) is 8.94. The van der Waals surface area contributed by atoms with Gasteiger partial charge in [0.15, 0.2) is 0 Å². The molecule has 0 aliphatic carbocycles. The van der Waals surface area contributed by atoms with Gasteiger partial charge in [-0.3, -0.25) is 9.59 Å². The highest BCUT2D eigenvalue weighted by atomic mass is 35.5. The van der Waals surface area contributed by atoms with Gasteiger partial charge in [-0.05, 0) is 44.7 Å². The molecule has 0 saturated carbocycles. The van der Waals surface area contributed by atoms with Crippen molar-refractivity contribution in [3.63, 3.8) is 0 Å². The summed E-state index contributed by atoms with van der Waals surface area (Å²) in [5, 5.41) is 3.62. The zero-order valence-corrected chi connectivity index (χ0v) is 17.4. The number of ether oxygens (including phenoxy) is 1. The number of halogens is 1. The molecule has 4 rings (SSSR count). The van der Waals surface area contributed by atoms with Gasteiger partial charge in [0.25, 0.3) is 0 Å². The summed E-state index contributed by atoms with van der Waals surface area (Å²) in [7, 11) is 1.92. The number of nitrogens with one attached hydrogen (secondary N) is 1. The van der Waals surface area contributed by atoms with Gasteiger partial charge >= 0.3 is 0 Å². The number of rotatable bonds is 5. The summed E-state index contributed by atoms with van der Waals surface area (Å²) in [6.07, 6.45) is 4.76. The molecule has 3 atom stereocenters. The van der Waals surface area contributed by atoms with Gasteiger partial charge in [-0.15, -0.1) is 12.4 Å². The molecular weight excluding hydrogens is 378 g/mol. The second kappa shape index (κ2) is 8.70. The van der Waals surface area contributed by atoms with Crippen LogP contribution in [0.1, 0.15) is 39.0 Å². The third-order valence-corrected chi connectivity index (χ3v) is 6.27. The molecular formula is C21H30ClN3O3. The average molecular weight is 408 g/mol. The van der Waals surface area contributed by atoms with E-state index in [1.807, 2.05) is 43.1 Å². The van der Waals surface area contributed by atoms with E-state index in [0.717, 1.165) is 18.5 Å². The van der Waals surface area contributed by atoms with Gasteiger partial charge in [0, 0.05) is 38.1 Å². The smallest absolute Gasteiger partial charge is 0.228 e. The van der Waals surface area contributed by atoms with Crippen LogP contribution in [0, 0.1) is 5.92 Å². The fraction of sp³-hybridized carbons (Fsp3) is 0.619. The van der Waals surface area contributed by atoms with Crippen LogP contribution in [0.3, 0.4) is 0 Å². The summed E-state index contributed by atoms with van der Waals surface area (Å²) in [5.74, 6) is 0.528. The Morgan fingerprint density at radius 3 is 2.61 bits per heavy atom. The number of hydrogen-bond acceptors (Lipinski definition) is 4. The van der Waals surface area contributed by atoms with Crippen molar-refractivity contribution >= 4 is 29.9 Å². The van der Waals surface area contributed by atoms with Crippen LogP contribution < -0.4 is 15.0 Å².